The summed E-state index contributed by atoms with van der Waals surface area (Å²) in [4.78, 5) is 14.2. The summed E-state index contributed by atoms with van der Waals surface area (Å²) in [5.74, 6) is -0.179. The molecule has 0 radical (unpaired) electrons. The molecule has 1 aromatic carbocycles. The number of amides is 1. The Morgan fingerprint density at radius 3 is 2.65 bits per heavy atom. The zero-order valence-electron chi connectivity index (χ0n) is 14.3. The first kappa shape index (κ1) is 18.4. The van der Waals surface area contributed by atoms with Gasteiger partial charge in [0.15, 0.2) is 0 Å². The summed E-state index contributed by atoms with van der Waals surface area (Å²) in [5, 5.41) is 17.5. The van der Waals surface area contributed by atoms with Gasteiger partial charge in [0.25, 0.3) is 5.91 Å². The van der Waals surface area contributed by atoms with E-state index in [1.54, 1.807) is 4.90 Å². The van der Waals surface area contributed by atoms with Gasteiger partial charge in [-0.05, 0) is 37.0 Å². The van der Waals surface area contributed by atoms with Gasteiger partial charge in [-0.3, -0.25) is 9.89 Å². The number of H-pyrrole nitrogens is 1. The number of hydrogen-bond donors (Lipinski definition) is 2. The predicted molar refractivity (Wildman–Crippen MR) is 88.4 cm³/mol. The number of likely N-dealkylation sites (tertiary alicyclic amines) is 1. The number of benzene rings is 1. The zero-order valence-corrected chi connectivity index (χ0v) is 14.3. The topological polar surface area (TPSA) is 69.2 Å². The summed E-state index contributed by atoms with van der Waals surface area (Å²) >= 11 is 0. The fraction of sp³-hybridized carbons (Fsp3) is 0.444. The molecule has 140 valence electrons. The second-order valence-corrected chi connectivity index (χ2v) is 6.52. The molecule has 2 heterocycles. The van der Waals surface area contributed by atoms with E-state index in [-0.39, 0.29) is 37.4 Å². The second-order valence-electron chi connectivity index (χ2n) is 6.52. The zero-order chi connectivity index (χ0) is 18.9. The molecule has 1 aliphatic heterocycles. The van der Waals surface area contributed by atoms with Gasteiger partial charge >= 0.3 is 6.18 Å². The quantitative estimate of drug-likeness (QED) is 0.876. The van der Waals surface area contributed by atoms with E-state index in [0.717, 1.165) is 17.8 Å². The summed E-state index contributed by atoms with van der Waals surface area (Å²) in [5.41, 5.74) is -0.683. The van der Waals surface area contributed by atoms with Crippen molar-refractivity contribution in [1.29, 1.82) is 0 Å². The van der Waals surface area contributed by atoms with Crippen LogP contribution in [0.1, 0.15) is 46.9 Å². The summed E-state index contributed by atoms with van der Waals surface area (Å²) < 4.78 is 38.7. The van der Waals surface area contributed by atoms with Gasteiger partial charge in [0.2, 0.25) is 0 Å². The number of aromatic amines is 1. The van der Waals surface area contributed by atoms with Gasteiger partial charge in [-0.2, -0.15) is 18.3 Å². The van der Waals surface area contributed by atoms with Crippen molar-refractivity contribution in [2.45, 2.75) is 38.0 Å². The van der Waals surface area contributed by atoms with Gasteiger partial charge in [-0.25, -0.2) is 0 Å². The minimum absolute atomic E-state index is 0.179. The second kappa shape index (κ2) is 6.75. The van der Waals surface area contributed by atoms with Crippen molar-refractivity contribution in [2.24, 2.45) is 0 Å². The molecule has 1 aliphatic rings. The number of aliphatic hydroxyl groups is 1. The molecule has 0 spiro atoms. The number of hydrogen-bond acceptors (Lipinski definition) is 3. The maximum atomic E-state index is 12.9. The highest BCUT2D eigenvalue weighted by Crippen LogP contribution is 2.37. The smallest absolute Gasteiger partial charge is 0.385 e. The number of nitrogens with zero attached hydrogens (tertiary/aromatic N) is 2. The minimum atomic E-state index is -4.46. The van der Waals surface area contributed by atoms with Crippen LogP contribution in [-0.4, -0.2) is 39.2 Å². The third-order valence-electron chi connectivity index (χ3n) is 4.91. The van der Waals surface area contributed by atoms with E-state index in [0.29, 0.717) is 12.0 Å². The molecule has 2 aromatic rings. The van der Waals surface area contributed by atoms with E-state index in [2.05, 4.69) is 10.2 Å². The van der Waals surface area contributed by atoms with E-state index in [1.165, 1.54) is 18.3 Å². The average Bonchev–Trinajstić information content (AvgIpc) is 3.10. The Bertz CT molecular complexity index is 793. The van der Waals surface area contributed by atoms with Crippen molar-refractivity contribution in [2.75, 3.05) is 13.1 Å². The van der Waals surface area contributed by atoms with Crippen molar-refractivity contribution >= 4 is 5.91 Å². The van der Waals surface area contributed by atoms with Crippen molar-refractivity contribution in [1.82, 2.24) is 15.1 Å². The standard InChI is InChI=1S/C18H20F3N3O2/c1-2-15-14(11-22-23-15)16(25)24-8-6-17(26,7-9-24)12-4-3-5-13(10-12)18(19,20)21/h3-5,10-11,26H,2,6-9H2,1H3,(H,22,23). The van der Waals surface area contributed by atoms with Crippen LogP contribution in [0.2, 0.25) is 0 Å². The number of aromatic nitrogens is 2. The molecule has 1 fully saturated rings. The Hall–Kier alpha value is -2.35. The number of aryl methyl sites for hydroxylation is 1. The van der Waals surface area contributed by atoms with Crippen molar-refractivity contribution in [3.63, 3.8) is 0 Å². The molecular formula is C18H20F3N3O2. The molecule has 26 heavy (non-hydrogen) atoms. The van der Waals surface area contributed by atoms with Gasteiger partial charge in [0.1, 0.15) is 0 Å². The Kier molecular flexibility index (Phi) is 4.79. The first-order chi connectivity index (χ1) is 12.2. The van der Waals surface area contributed by atoms with Crippen LogP contribution in [0.5, 0.6) is 0 Å². The molecule has 2 N–H and O–H groups in total. The maximum absolute atomic E-state index is 12.9. The van der Waals surface area contributed by atoms with E-state index in [9.17, 15) is 23.1 Å². The van der Waals surface area contributed by atoms with Gasteiger partial charge in [-0.15, -0.1) is 0 Å². The number of rotatable bonds is 3. The van der Waals surface area contributed by atoms with Crippen LogP contribution in [0.3, 0.4) is 0 Å². The van der Waals surface area contributed by atoms with Crippen LogP contribution in [0.4, 0.5) is 13.2 Å². The van der Waals surface area contributed by atoms with E-state index >= 15 is 0 Å². The van der Waals surface area contributed by atoms with Crippen molar-refractivity contribution in [3.05, 3.63) is 52.8 Å². The lowest BCUT2D eigenvalue weighted by Gasteiger charge is -2.38. The molecule has 0 saturated carbocycles. The Labute approximate surface area is 148 Å². The number of halogens is 3. The van der Waals surface area contributed by atoms with Gasteiger partial charge in [0, 0.05) is 18.8 Å². The van der Waals surface area contributed by atoms with Crippen molar-refractivity contribution < 1.29 is 23.1 Å². The predicted octanol–water partition coefficient (Wildman–Crippen LogP) is 3.11. The van der Waals surface area contributed by atoms with Crippen LogP contribution in [0.15, 0.2) is 30.5 Å². The van der Waals surface area contributed by atoms with Crippen LogP contribution in [0.25, 0.3) is 0 Å². The highest BCUT2D eigenvalue weighted by molar-refractivity contribution is 5.95. The lowest BCUT2D eigenvalue weighted by atomic mass is 9.83. The molecular weight excluding hydrogens is 347 g/mol. The lowest BCUT2D eigenvalue weighted by Crippen LogP contribution is -2.45. The number of carbonyl (C=O) groups is 1. The lowest BCUT2D eigenvalue weighted by molar-refractivity contribution is -0.137. The van der Waals surface area contributed by atoms with Crippen LogP contribution >= 0.6 is 0 Å². The molecule has 1 saturated heterocycles. The highest BCUT2D eigenvalue weighted by atomic mass is 19.4. The van der Waals surface area contributed by atoms with Crippen LogP contribution in [0, 0.1) is 0 Å². The molecule has 1 aromatic heterocycles. The van der Waals surface area contributed by atoms with Crippen LogP contribution < -0.4 is 0 Å². The number of alkyl halides is 3. The fourth-order valence-corrected chi connectivity index (χ4v) is 3.29. The Balaban J connectivity index is 1.74. The molecule has 0 unspecified atom stereocenters. The van der Waals surface area contributed by atoms with E-state index in [1.807, 2.05) is 6.92 Å². The maximum Gasteiger partial charge on any atom is 0.416 e. The first-order valence-electron chi connectivity index (χ1n) is 8.46. The Morgan fingerprint density at radius 2 is 2.04 bits per heavy atom. The molecule has 0 atom stereocenters. The van der Waals surface area contributed by atoms with E-state index in [4.69, 9.17) is 0 Å². The monoisotopic (exact) mass is 367 g/mol. The van der Waals surface area contributed by atoms with E-state index < -0.39 is 17.3 Å². The normalized spacial score (nSPS) is 17.3. The molecule has 1 amide bonds. The minimum Gasteiger partial charge on any atom is -0.385 e. The SMILES string of the molecule is CCc1[nH]ncc1C(=O)N1CCC(O)(c2cccc(C(F)(F)F)c2)CC1. The number of piperidine rings is 1. The molecule has 5 nitrogen and oxygen atoms in total. The molecule has 3 rings (SSSR count). The van der Waals surface area contributed by atoms with Gasteiger partial charge in [-0.1, -0.05) is 19.1 Å². The van der Waals surface area contributed by atoms with Crippen LogP contribution in [-0.2, 0) is 18.2 Å². The fourth-order valence-electron chi connectivity index (χ4n) is 3.29. The number of nitrogens with one attached hydrogen (secondary N) is 1. The summed E-state index contributed by atoms with van der Waals surface area (Å²) in [6.45, 7) is 2.44. The average molecular weight is 367 g/mol. The summed E-state index contributed by atoms with van der Waals surface area (Å²) in [6.07, 6.45) is -1.97. The third kappa shape index (κ3) is 3.46. The molecule has 8 heteroatoms. The van der Waals surface area contributed by atoms with Crippen molar-refractivity contribution in [3.8, 4) is 0 Å². The first-order valence-corrected chi connectivity index (χ1v) is 8.46. The third-order valence-corrected chi connectivity index (χ3v) is 4.91. The number of carbonyl (C=O) groups excluding carboxylic acids is 1. The largest absolute Gasteiger partial charge is 0.416 e. The molecule has 0 aliphatic carbocycles. The van der Waals surface area contributed by atoms with Gasteiger partial charge in [0.05, 0.1) is 22.9 Å². The summed E-state index contributed by atoms with van der Waals surface area (Å²) in [6, 6.07) is 4.77. The Morgan fingerprint density at radius 1 is 1.35 bits per heavy atom. The molecule has 0 bridgehead atoms. The summed E-state index contributed by atoms with van der Waals surface area (Å²) in [7, 11) is 0. The van der Waals surface area contributed by atoms with Gasteiger partial charge < -0.3 is 10.0 Å². The highest BCUT2D eigenvalue weighted by Gasteiger charge is 2.38.